The van der Waals surface area contributed by atoms with Crippen molar-refractivity contribution in [2.45, 2.75) is 11.8 Å². The molecule has 3 aromatic carbocycles. The van der Waals surface area contributed by atoms with Crippen LogP contribution < -0.4 is 10.6 Å². The third-order valence-corrected chi connectivity index (χ3v) is 6.35. The highest BCUT2D eigenvalue weighted by Gasteiger charge is 2.09. The highest BCUT2D eigenvalue weighted by molar-refractivity contribution is 8.00. The van der Waals surface area contributed by atoms with Gasteiger partial charge < -0.3 is 10.6 Å². The maximum Gasteiger partial charge on any atom is 0.255 e. The molecule has 0 atom stereocenters. The first kappa shape index (κ1) is 21.8. The molecule has 1 aromatic heterocycles. The van der Waals surface area contributed by atoms with Crippen LogP contribution in [0.3, 0.4) is 0 Å². The summed E-state index contributed by atoms with van der Waals surface area (Å²) in [5, 5.41) is 8.26. The zero-order chi connectivity index (χ0) is 22.3. The average Bonchev–Trinajstić information content (AvgIpc) is 3.27. The van der Waals surface area contributed by atoms with Gasteiger partial charge in [0, 0.05) is 27.1 Å². The Bertz CT molecular complexity index is 1220. The van der Waals surface area contributed by atoms with Gasteiger partial charge in [0.15, 0.2) is 5.13 Å². The van der Waals surface area contributed by atoms with Crippen LogP contribution in [-0.4, -0.2) is 22.6 Å². The molecular formula is C25H21N3O2S2. The molecule has 0 radical (unpaired) electrons. The summed E-state index contributed by atoms with van der Waals surface area (Å²) in [6.07, 6.45) is 0. The van der Waals surface area contributed by atoms with Gasteiger partial charge in [-0.25, -0.2) is 4.98 Å². The molecule has 4 aromatic rings. The van der Waals surface area contributed by atoms with Gasteiger partial charge in [0.05, 0.1) is 11.4 Å². The zero-order valence-electron chi connectivity index (χ0n) is 17.4. The Morgan fingerprint density at radius 1 is 0.938 bits per heavy atom. The second-order valence-corrected chi connectivity index (χ2v) is 9.00. The highest BCUT2D eigenvalue weighted by atomic mass is 32.2. The molecule has 0 aliphatic rings. The molecule has 160 valence electrons. The summed E-state index contributed by atoms with van der Waals surface area (Å²) in [5.41, 5.74) is 4.24. The Hall–Kier alpha value is -3.42. The van der Waals surface area contributed by atoms with Crippen molar-refractivity contribution in [1.82, 2.24) is 4.98 Å². The third-order valence-electron chi connectivity index (χ3n) is 4.58. The van der Waals surface area contributed by atoms with Gasteiger partial charge in [0.1, 0.15) is 0 Å². The van der Waals surface area contributed by atoms with Gasteiger partial charge in [0.2, 0.25) is 5.91 Å². The van der Waals surface area contributed by atoms with E-state index in [1.165, 1.54) is 23.1 Å². The highest BCUT2D eigenvalue weighted by Crippen LogP contribution is 2.25. The van der Waals surface area contributed by atoms with Gasteiger partial charge in [-0.1, -0.05) is 48.0 Å². The number of aryl methyl sites for hydroxylation is 1. The van der Waals surface area contributed by atoms with Gasteiger partial charge in [-0.2, -0.15) is 0 Å². The summed E-state index contributed by atoms with van der Waals surface area (Å²) in [5.74, 6) is 0.0162. The molecule has 4 rings (SSSR count). The smallest absolute Gasteiger partial charge is 0.255 e. The van der Waals surface area contributed by atoms with E-state index in [9.17, 15) is 9.59 Å². The van der Waals surface area contributed by atoms with Gasteiger partial charge >= 0.3 is 0 Å². The first-order chi connectivity index (χ1) is 15.6. The molecule has 0 fully saturated rings. The van der Waals surface area contributed by atoms with Crippen molar-refractivity contribution in [3.63, 3.8) is 0 Å². The molecule has 7 heteroatoms. The Morgan fingerprint density at radius 2 is 1.72 bits per heavy atom. The monoisotopic (exact) mass is 459 g/mol. The minimum absolute atomic E-state index is 0.110. The van der Waals surface area contributed by atoms with Crippen LogP contribution in [0.4, 0.5) is 10.8 Å². The molecule has 0 aliphatic heterocycles. The summed E-state index contributed by atoms with van der Waals surface area (Å²) < 4.78 is 0. The molecule has 0 saturated carbocycles. The van der Waals surface area contributed by atoms with Crippen molar-refractivity contribution in [3.8, 4) is 11.3 Å². The maximum absolute atomic E-state index is 12.4. The summed E-state index contributed by atoms with van der Waals surface area (Å²) in [4.78, 5) is 30.1. The Balaban J connectivity index is 1.27. The molecule has 2 N–H and O–H groups in total. The van der Waals surface area contributed by atoms with Crippen molar-refractivity contribution in [2.24, 2.45) is 0 Å². The van der Waals surface area contributed by atoms with Gasteiger partial charge in [-0.05, 0) is 43.3 Å². The van der Waals surface area contributed by atoms with Crippen molar-refractivity contribution >= 4 is 45.7 Å². The molecule has 0 bridgehead atoms. The minimum Gasteiger partial charge on any atom is -0.322 e. The predicted octanol–water partition coefficient (Wildman–Crippen LogP) is 6.10. The first-order valence-corrected chi connectivity index (χ1v) is 11.8. The van der Waals surface area contributed by atoms with Gasteiger partial charge in [-0.3, -0.25) is 9.59 Å². The van der Waals surface area contributed by atoms with E-state index in [0.717, 1.165) is 21.7 Å². The number of nitrogens with one attached hydrogen (secondary N) is 2. The summed E-state index contributed by atoms with van der Waals surface area (Å²) in [7, 11) is 0. The number of amides is 2. The quantitative estimate of drug-likeness (QED) is 0.328. The van der Waals surface area contributed by atoms with Gasteiger partial charge in [0.25, 0.3) is 5.91 Å². The number of thioether (sulfide) groups is 1. The van der Waals surface area contributed by atoms with Gasteiger partial charge in [-0.15, -0.1) is 23.1 Å². The number of nitrogens with zero attached hydrogens (tertiary/aromatic N) is 1. The predicted molar refractivity (Wildman–Crippen MR) is 132 cm³/mol. The number of carbonyl (C=O) groups is 2. The largest absolute Gasteiger partial charge is 0.322 e. The van der Waals surface area contributed by atoms with Crippen LogP contribution in [0.15, 0.2) is 89.1 Å². The number of carbonyl (C=O) groups excluding carboxylic acids is 2. The molecule has 2 amide bonds. The number of thiazole rings is 1. The van der Waals surface area contributed by atoms with Crippen LogP contribution in [0.25, 0.3) is 11.3 Å². The van der Waals surface area contributed by atoms with E-state index in [4.69, 9.17) is 0 Å². The van der Waals surface area contributed by atoms with E-state index in [2.05, 4.69) is 15.6 Å². The van der Waals surface area contributed by atoms with E-state index in [-0.39, 0.29) is 17.6 Å². The van der Waals surface area contributed by atoms with E-state index in [1.807, 2.05) is 85.1 Å². The topological polar surface area (TPSA) is 71.1 Å². The standard InChI is InChI=1S/C25H21N3O2S2/c1-17-6-5-9-19(14-17)24(30)26-20-10-12-21(13-11-20)31-16-23(29)28-25-27-22(15-32-25)18-7-3-2-4-8-18/h2-15H,16H2,1H3,(H,26,30)(H,27,28,29). The SMILES string of the molecule is Cc1cccc(C(=O)Nc2ccc(SCC(=O)Nc3nc(-c4ccccc4)cs3)cc2)c1. The lowest BCUT2D eigenvalue weighted by molar-refractivity contribution is -0.113. The lowest BCUT2D eigenvalue weighted by Crippen LogP contribution is -2.13. The molecule has 0 saturated heterocycles. The Labute approximate surface area is 194 Å². The molecule has 5 nitrogen and oxygen atoms in total. The molecule has 0 aliphatic carbocycles. The lowest BCUT2D eigenvalue weighted by atomic mass is 10.1. The maximum atomic E-state index is 12.4. The number of hydrogen-bond acceptors (Lipinski definition) is 5. The van der Waals surface area contributed by atoms with Crippen LogP contribution in [0.5, 0.6) is 0 Å². The molecular weight excluding hydrogens is 438 g/mol. The van der Waals surface area contributed by atoms with Crippen molar-refractivity contribution in [3.05, 3.63) is 95.4 Å². The zero-order valence-corrected chi connectivity index (χ0v) is 19.0. The second-order valence-electron chi connectivity index (χ2n) is 7.09. The third kappa shape index (κ3) is 5.84. The molecule has 0 unspecified atom stereocenters. The summed E-state index contributed by atoms with van der Waals surface area (Å²) in [6, 6.07) is 24.8. The van der Waals surface area contributed by atoms with E-state index < -0.39 is 0 Å². The molecule has 32 heavy (non-hydrogen) atoms. The van der Waals surface area contributed by atoms with E-state index >= 15 is 0 Å². The summed E-state index contributed by atoms with van der Waals surface area (Å²) >= 11 is 2.84. The normalized spacial score (nSPS) is 10.5. The summed E-state index contributed by atoms with van der Waals surface area (Å²) in [6.45, 7) is 1.95. The number of aromatic nitrogens is 1. The van der Waals surface area contributed by atoms with Crippen molar-refractivity contribution in [1.29, 1.82) is 0 Å². The fraction of sp³-hybridized carbons (Fsp3) is 0.0800. The van der Waals surface area contributed by atoms with Crippen LogP contribution in [0.2, 0.25) is 0 Å². The Morgan fingerprint density at radius 3 is 2.47 bits per heavy atom. The van der Waals surface area contributed by atoms with Crippen molar-refractivity contribution < 1.29 is 9.59 Å². The van der Waals surface area contributed by atoms with Crippen LogP contribution >= 0.6 is 23.1 Å². The van der Waals surface area contributed by atoms with E-state index in [0.29, 0.717) is 16.4 Å². The number of rotatable bonds is 7. The van der Waals surface area contributed by atoms with E-state index in [1.54, 1.807) is 6.07 Å². The first-order valence-electron chi connectivity index (χ1n) is 9.98. The fourth-order valence-electron chi connectivity index (χ4n) is 3.00. The van der Waals surface area contributed by atoms with Crippen LogP contribution in [0, 0.1) is 6.92 Å². The lowest BCUT2D eigenvalue weighted by Gasteiger charge is -2.07. The second kappa shape index (κ2) is 10.3. The number of hydrogen-bond donors (Lipinski definition) is 2. The average molecular weight is 460 g/mol. The Kier molecular flexibility index (Phi) is 6.99. The molecule has 0 spiro atoms. The van der Waals surface area contributed by atoms with Crippen molar-refractivity contribution in [2.75, 3.05) is 16.4 Å². The number of benzene rings is 3. The van der Waals surface area contributed by atoms with Crippen LogP contribution in [0.1, 0.15) is 15.9 Å². The minimum atomic E-state index is -0.146. The fourth-order valence-corrected chi connectivity index (χ4v) is 4.44. The molecule has 1 heterocycles. The van der Waals surface area contributed by atoms with Crippen LogP contribution in [-0.2, 0) is 4.79 Å². The number of anilines is 2.